The summed E-state index contributed by atoms with van der Waals surface area (Å²) >= 11 is 0. The van der Waals surface area contributed by atoms with Crippen molar-refractivity contribution in [3.8, 4) is 6.07 Å². The van der Waals surface area contributed by atoms with Gasteiger partial charge in [-0.05, 0) is 75.6 Å². The van der Waals surface area contributed by atoms with E-state index in [1.807, 2.05) is 11.8 Å². The molecule has 1 amide bonds. The highest BCUT2D eigenvalue weighted by Gasteiger charge is 2.36. The Morgan fingerprint density at radius 3 is 2.57 bits per heavy atom. The van der Waals surface area contributed by atoms with Crippen LogP contribution in [0, 0.1) is 37.0 Å². The number of likely N-dealkylation sites (tertiary alicyclic amines) is 1. The van der Waals surface area contributed by atoms with Crippen LogP contribution < -0.4 is 5.32 Å². The van der Waals surface area contributed by atoms with Gasteiger partial charge >= 0.3 is 0 Å². The van der Waals surface area contributed by atoms with Gasteiger partial charge in [-0.3, -0.25) is 4.79 Å². The second-order valence-electron chi connectivity index (χ2n) is 10.3. The molecule has 2 fully saturated rings. The number of carbonyl (C=O) groups is 1. The highest BCUT2D eigenvalue weighted by molar-refractivity contribution is 5.90. The first-order valence-electron chi connectivity index (χ1n) is 12.7. The Balaban J connectivity index is 1.32. The number of nitriles is 1. The molecule has 6 heteroatoms. The van der Waals surface area contributed by atoms with Crippen molar-refractivity contribution in [2.24, 2.45) is 11.8 Å². The molecule has 5 rings (SSSR count). The fraction of sp³-hybridized carbons (Fsp3) is 0.448. The third-order valence-corrected chi connectivity index (χ3v) is 7.65. The first kappa shape index (κ1) is 23.3. The maximum atomic E-state index is 12.8. The van der Waals surface area contributed by atoms with E-state index < -0.39 is 0 Å². The van der Waals surface area contributed by atoms with Crippen molar-refractivity contribution in [1.82, 2.24) is 14.9 Å². The molecule has 6 nitrogen and oxygen atoms in total. The molecule has 2 heterocycles. The molecule has 0 unspecified atom stereocenters. The lowest BCUT2D eigenvalue weighted by Gasteiger charge is -2.39. The molecular formula is C29H33N5O. The Labute approximate surface area is 207 Å². The quantitative estimate of drug-likeness (QED) is 0.522. The molecule has 0 bridgehead atoms. The zero-order chi connectivity index (χ0) is 24.5. The fourth-order valence-corrected chi connectivity index (χ4v) is 5.53. The average Bonchev–Trinajstić information content (AvgIpc) is 2.83. The van der Waals surface area contributed by atoms with Crippen LogP contribution in [0.3, 0.4) is 0 Å². The van der Waals surface area contributed by atoms with E-state index in [0.29, 0.717) is 19.0 Å². The maximum Gasteiger partial charge on any atom is 0.225 e. The summed E-state index contributed by atoms with van der Waals surface area (Å²) in [5.74, 6) is 2.44. The molecular weight excluding hydrogens is 434 g/mol. The summed E-state index contributed by atoms with van der Waals surface area (Å²) in [5.41, 5.74) is 4.73. The molecule has 1 saturated heterocycles. The molecule has 0 spiro atoms. The van der Waals surface area contributed by atoms with Gasteiger partial charge in [0.05, 0.1) is 17.5 Å². The summed E-state index contributed by atoms with van der Waals surface area (Å²) < 4.78 is 0. The first-order valence-corrected chi connectivity index (χ1v) is 12.7. The minimum absolute atomic E-state index is 0.0233. The van der Waals surface area contributed by atoms with Gasteiger partial charge in [-0.1, -0.05) is 35.9 Å². The molecule has 1 atom stereocenters. The Hall–Kier alpha value is -3.46. The van der Waals surface area contributed by atoms with E-state index in [-0.39, 0.29) is 23.8 Å². The van der Waals surface area contributed by atoms with E-state index in [4.69, 9.17) is 10.2 Å². The smallest absolute Gasteiger partial charge is 0.225 e. The van der Waals surface area contributed by atoms with E-state index in [1.165, 1.54) is 16.7 Å². The normalized spacial score (nSPS) is 21.3. The number of aromatic nitrogens is 2. The predicted octanol–water partition coefficient (Wildman–Crippen LogP) is 5.68. The van der Waals surface area contributed by atoms with Crippen LogP contribution in [0.1, 0.15) is 67.1 Å². The van der Waals surface area contributed by atoms with Crippen molar-refractivity contribution < 1.29 is 4.79 Å². The van der Waals surface area contributed by atoms with Gasteiger partial charge in [-0.25, -0.2) is 9.97 Å². The summed E-state index contributed by atoms with van der Waals surface area (Å²) in [6, 6.07) is 17.5. The van der Waals surface area contributed by atoms with Crippen LogP contribution in [0.2, 0.25) is 0 Å². The number of carbonyl (C=O) groups excluding carboxylic acids is 1. The lowest BCUT2D eigenvalue weighted by Crippen LogP contribution is -2.51. The average molecular weight is 468 g/mol. The number of hydrogen-bond acceptors (Lipinski definition) is 5. The lowest BCUT2D eigenvalue weighted by atomic mass is 9.77. The van der Waals surface area contributed by atoms with Crippen LogP contribution in [0.15, 0.2) is 42.5 Å². The van der Waals surface area contributed by atoms with Gasteiger partial charge in [-0.15, -0.1) is 0 Å². The largest absolute Gasteiger partial charge is 0.363 e. The number of aryl methyl sites for hydroxylation is 2. The molecule has 0 radical (unpaired) electrons. The zero-order valence-corrected chi connectivity index (χ0v) is 20.8. The van der Waals surface area contributed by atoms with Gasteiger partial charge in [0.25, 0.3) is 0 Å². The molecule has 2 aliphatic rings. The number of amides is 1. The van der Waals surface area contributed by atoms with Crippen molar-refractivity contribution in [2.45, 2.75) is 58.4 Å². The molecule has 2 aromatic carbocycles. The molecule has 3 aromatic rings. The minimum atomic E-state index is 0.0233. The monoisotopic (exact) mass is 467 g/mol. The molecule has 35 heavy (non-hydrogen) atoms. The van der Waals surface area contributed by atoms with Crippen LogP contribution >= 0.6 is 0 Å². The topological polar surface area (TPSA) is 81.9 Å². The summed E-state index contributed by atoms with van der Waals surface area (Å²) in [6.07, 6.45) is 3.84. The third-order valence-electron chi connectivity index (χ3n) is 7.65. The molecule has 1 saturated carbocycles. The number of hydrogen-bond donors (Lipinski definition) is 1. The lowest BCUT2D eigenvalue weighted by molar-refractivity contribution is -0.141. The van der Waals surface area contributed by atoms with Gasteiger partial charge in [0, 0.05) is 30.4 Å². The Kier molecular flexibility index (Phi) is 6.42. The maximum absolute atomic E-state index is 12.8. The molecule has 1 aliphatic heterocycles. The zero-order valence-electron chi connectivity index (χ0n) is 20.8. The van der Waals surface area contributed by atoms with Crippen LogP contribution in [0.5, 0.6) is 0 Å². The predicted molar refractivity (Wildman–Crippen MR) is 138 cm³/mol. The molecule has 1 aromatic heterocycles. The molecule has 1 aliphatic carbocycles. The van der Waals surface area contributed by atoms with E-state index in [9.17, 15) is 4.79 Å². The minimum Gasteiger partial charge on any atom is -0.363 e. The first-order chi connectivity index (χ1) is 16.9. The highest BCUT2D eigenvalue weighted by atomic mass is 16.2. The Morgan fingerprint density at radius 1 is 1.09 bits per heavy atom. The summed E-state index contributed by atoms with van der Waals surface area (Å²) in [4.78, 5) is 24.1. The van der Waals surface area contributed by atoms with Crippen LogP contribution in [0.25, 0.3) is 10.9 Å². The van der Waals surface area contributed by atoms with E-state index in [2.05, 4.69) is 72.7 Å². The second kappa shape index (κ2) is 9.65. The third kappa shape index (κ3) is 4.86. The molecule has 180 valence electrons. The number of anilines is 1. The van der Waals surface area contributed by atoms with Crippen LogP contribution in [-0.2, 0) is 4.79 Å². The van der Waals surface area contributed by atoms with Gasteiger partial charge in [0.2, 0.25) is 5.91 Å². The van der Waals surface area contributed by atoms with Gasteiger partial charge in [-0.2, -0.15) is 5.26 Å². The number of fused-ring (bicyclic) bond motifs is 1. The van der Waals surface area contributed by atoms with Crippen molar-refractivity contribution in [3.05, 3.63) is 65.0 Å². The number of rotatable bonds is 5. The standard InChI is InChI=1S/C29H33N5O/c1-18-5-4-6-24(13-18)19(2)31-28-26-14-25(11-12-27(26)32-20(3)33-28)22-7-9-23(10-8-22)29(35)34-16-21(15-30)17-34/h4-6,11-14,19,21-23H,7-10,16-17H2,1-3H3,(H,31,32,33)/t19-,22?,23?/m0/s1. The SMILES string of the molecule is Cc1cccc([C@H](C)Nc2nc(C)nc3ccc(C4CCC(C(=O)N5CC(C#N)C5)CC4)cc23)c1. The van der Waals surface area contributed by atoms with Gasteiger partial charge in [0.1, 0.15) is 11.6 Å². The highest BCUT2D eigenvalue weighted by Crippen LogP contribution is 2.39. The summed E-state index contributed by atoms with van der Waals surface area (Å²) in [7, 11) is 0. The number of nitrogens with one attached hydrogen (secondary N) is 1. The van der Waals surface area contributed by atoms with Crippen molar-refractivity contribution in [1.29, 1.82) is 5.26 Å². The summed E-state index contributed by atoms with van der Waals surface area (Å²) in [6.45, 7) is 7.43. The van der Waals surface area contributed by atoms with Gasteiger partial charge < -0.3 is 10.2 Å². The fourth-order valence-electron chi connectivity index (χ4n) is 5.53. The van der Waals surface area contributed by atoms with Crippen molar-refractivity contribution >= 4 is 22.6 Å². The number of nitrogens with zero attached hydrogens (tertiary/aromatic N) is 4. The summed E-state index contributed by atoms with van der Waals surface area (Å²) in [5, 5.41) is 13.7. The van der Waals surface area contributed by atoms with Crippen molar-refractivity contribution in [2.75, 3.05) is 18.4 Å². The Morgan fingerprint density at radius 2 is 1.86 bits per heavy atom. The van der Waals surface area contributed by atoms with Gasteiger partial charge in [0.15, 0.2) is 0 Å². The van der Waals surface area contributed by atoms with Crippen LogP contribution in [-0.4, -0.2) is 33.9 Å². The number of benzene rings is 2. The Bertz CT molecular complexity index is 1280. The second-order valence-corrected chi connectivity index (χ2v) is 10.3. The van der Waals surface area contributed by atoms with Crippen molar-refractivity contribution in [3.63, 3.8) is 0 Å². The van der Waals surface area contributed by atoms with E-state index >= 15 is 0 Å². The van der Waals surface area contributed by atoms with E-state index in [1.54, 1.807) is 0 Å². The molecule has 1 N–H and O–H groups in total. The van der Waals surface area contributed by atoms with E-state index in [0.717, 1.165) is 48.2 Å². The van der Waals surface area contributed by atoms with Crippen LogP contribution in [0.4, 0.5) is 5.82 Å².